The number of nitrogens with two attached hydrogens (primary N) is 1. The standard InChI is InChI=1S/C12H15N3S/c13-11-10-9(6-7-14-11)15-12(16-10)8-4-2-1-3-5-8/h6-8H,1-5H2,(H2,13,14). The van der Waals surface area contributed by atoms with Crippen LogP contribution in [-0.2, 0) is 0 Å². The minimum absolute atomic E-state index is 0.622. The second kappa shape index (κ2) is 4.01. The van der Waals surface area contributed by atoms with Gasteiger partial charge in [-0.3, -0.25) is 0 Å². The van der Waals surface area contributed by atoms with Crippen LogP contribution in [0.25, 0.3) is 10.2 Å². The zero-order valence-electron chi connectivity index (χ0n) is 9.15. The molecule has 4 heteroatoms. The highest BCUT2D eigenvalue weighted by atomic mass is 32.1. The average molecular weight is 233 g/mol. The molecule has 2 aromatic heterocycles. The molecule has 1 aliphatic carbocycles. The quantitative estimate of drug-likeness (QED) is 0.822. The molecule has 3 rings (SSSR count). The van der Waals surface area contributed by atoms with Crippen LogP contribution in [0.4, 0.5) is 5.82 Å². The van der Waals surface area contributed by atoms with Crippen LogP contribution in [0.3, 0.4) is 0 Å². The van der Waals surface area contributed by atoms with Crippen LogP contribution in [0, 0.1) is 0 Å². The number of rotatable bonds is 1. The SMILES string of the molecule is Nc1nccc2nc(C3CCCCC3)sc12. The van der Waals surface area contributed by atoms with E-state index in [0.29, 0.717) is 11.7 Å². The number of hydrogen-bond donors (Lipinski definition) is 1. The van der Waals surface area contributed by atoms with Crippen LogP contribution in [0.15, 0.2) is 12.3 Å². The Hall–Kier alpha value is -1.16. The Morgan fingerprint density at radius 2 is 2.06 bits per heavy atom. The monoisotopic (exact) mass is 233 g/mol. The van der Waals surface area contributed by atoms with Crippen LogP contribution in [0.2, 0.25) is 0 Å². The van der Waals surface area contributed by atoms with E-state index < -0.39 is 0 Å². The Morgan fingerprint density at radius 3 is 2.81 bits per heavy atom. The van der Waals surface area contributed by atoms with Gasteiger partial charge >= 0.3 is 0 Å². The molecule has 0 aromatic carbocycles. The van der Waals surface area contributed by atoms with Crippen LogP contribution >= 0.6 is 11.3 Å². The molecule has 1 fully saturated rings. The van der Waals surface area contributed by atoms with Crippen LogP contribution < -0.4 is 5.73 Å². The average Bonchev–Trinajstić information content (AvgIpc) is 2.76. The lowest BCUT2D eigenvalue weighted by atomic mass is 9.90. The maximum atomic E-state index is 5.86. The number of pyridine rings is 1. The molecule has 1 saturated carbocycles. The lowest BCUT2D eigenvalue weighted by Crippen LogP contribution is -2.03. The summed E-state index contributed by atoms with van der Waals surface area (Å²) in [7, 11) is 0. The van der Waals surface area contributed by atoms with Crippen molar-refractivity contribution < 1.29 is 0 Å². The Bertz CT molecular complexity index is 500. The maximum absolute atomic E-state index is 5.86. The second-order valence-corrected chi connectivity index (χ2v) is 5.46. The highest BCUT2D eigenvalue weighted by molar-refractivity contribution is 7.19. The molecule has 0 amide bonds. The highest BCUT2D eigenvalue weighted by Gasteiger charge is 2.19. The van der Waals surface area contributed by atoms with Gasteiger partial charge in [0.05, 0.1) is 15.2 Å². The predicted molar refractivity (Wildman–Crippen MR) is 67.7 cm³/mol. The van der Waals surface area contributed by atoms with Gasteiger partial charge in [0.25, 0.3) is 0 Å². The fourth-order valence-corrected chi connectivity index (χ4v) is 3.55. The van der Waals surface area contributed by atoms with E-state index in [-0.39, 0.29) is 0 Å². The Kier molecular flexibility index (Phi) is 2.52. The molecule has 0 radical (unpaired) electrons. The van der Waals surface area contributed by atoms with E-state index in [0.717, 1.165) is 10.2 Å². The molecule has 0 spiro atoms. The van der Waals surface area contributed by atoms with Crippen LogP contribution in [0.1, 0.15) is 43.0 Å². The first-order chi connectivity index (χ1) is 7.84. The molecular formula is C12H15N3S. The van der Waals surface area contributed by atoms with E-state index >= 15 is 0 Å². The second-order valence-electron chi connectivity index (χ2n) is 4.43. The number of thiazole rings is 1. The minimum atomic E-state index is 0.622. The maximum Gasteiger partial charge on any atom is 0.143 e. The number of anilines is 1. The summed E-state index contributed by atoms with van der Waals surface area (Å²) >= 11 is 1.73. The normalized spacial score (nSPS) is 18.0. The molecule has 84 valence electrons. The summed E-state index contributed by atoms with van der Waals surface area (Å²) < 4.78 is 1.06. The van der Waals surface area contributed by atoms with Gasteiger partial charge in [-0.05, 0) is 18.9 Å². The van der Waals surface area contributed by atoms with Gasteiger partial charge < -0.3 is 5.73 Å². The highest BCUT2D eigenvalue weighted by Crippen LogP contribution is 2.37. The number of fused-ring (bicyclic) bond motifs is 1. The third-order valence-electron chi connectivity index (χ3n) is 3.30. The third-order valence-corrected chi connectivity index (χ3v) is 4.56. The number of hydrogen-bond acceptors (Lipinski definition) is 4. The molecule has 2 N–H and O–H groups in total. The van der Waals surface area contributed by atoms with Crippen molar-refractivity contribution in [2.24, 2.45) is 0 Å². The molecule has 2 heterocycles. The molecule has 0 bridgehead atoms. The first kappa shape index (κ1) is 10.0. The lowest BCUT2D eigenvalue weighted by Gasteiger charge is -2.18. The van der Waals surface area contributed by atoms with Crippen LogP contribution in [0.5, 0.6) is 0 Å². The van der Waals surface area contributed by atoms with E-state index in [9.17, 15) is 0 Å². The fraction of sp³-hybridized carbons (Fsp3) is 0.500. The molecule has 1 aliphatic rings. The number of nitrogen functional groups attached to an aromatic ring is 1. The van der Waals surface area contributed by atoms with Crippen molar-refractivity contribution in [3.05, 3.63) is 17.3 Å². The van der Waals surface area contributed by atoms with E-state index in [4.69, 9.17) is 10.7 Å². The Balaban J connectivity index is 2.01. The largest absolute Gasteiger partial charge is 0.382 e. The molecule has 0 unspecified atom stereocenters. The van der Waals surface area contributed by atoms with Gasteiger partial charge in [0.15, 0.2) is 0 Å². The van der Waals surface area contributed by atoms with Crippen molar-refractivity contribution in [3.8, 4) is 0 Å². The summed E-state index contributed by atoms with van der Waals surface area (Å²) in [6.07, 6.45) is 8.37. The fourth-order valence-electron chi connectivity index (χ4n) is 2.42. The first-order valence-corrected chi connectivity index (χ1v) is 6.67. The van der Waals surface area contributed by atoms with Crippen molar-refractivity contribution in [2.75, 3.05) is 5.73 Å². The summed E-state index contributed by atoms with van der Waals surface area (Å²) in [5.41, 5.74) is 6.87. The van der Waals surface area contributed by atoms with Gasteiger partial charge in [-0.15, -0.1) is 11.3 Å². The minimum Gasteiger partial charge on any atom is -0.382 e. The van der Waals surface area contributed by atoms with E-state index in [1.165, 1.54) is 37.1 Å². The summed E-state index contributed by atoms with van der Waals surface area (Å²) in [4.78, 5) is 8.81. The van der Waals surface area contributed by atoms with Gasteiger partial charge in [0.2, 0.25) is 0 Å². The van der Waals surface area contributed by atoms with Crippen LogP contribution in [-0.4, -0.2) is 9.97 Å². The summed E-state index contributed by atoms with van der Waals surface area (Å²) in [6.45, 7) is 0. The number of nitrogens with zero attached hydrogens (tertiary/aromatic N) is 2. The summed E-state index contributed by atoms with van der Waals surface area (Å²) in [6, 6.07) is 1.95. The Labute approximate surface area is 98.7 Å². The van der Waals surface area contributed by atoms with E-state index in [1.807, 2.05) is 6.07 Å². The predicted octanol–water partition coefficient (Wildman–Crippen LogP) is 3.32. The van der Waals surface area contributed by atoms with Gasteiger partial charge in [-0.2, -0.15) is 0 Å². The van der Waals surface area contributed by atoms with Crippen molar-refractivity contribution >= 4 is 27.4 Å². The molecule has 16 heavy (non-hydrogen) atoms. The molecular weight excluding hydrogens is 218 g/mol. The molecule has 3 nitrogen and oxygen atoms in total. The molecule has 0 atom stereocenters. The molecule has 0 aliphatic heterocycles. The van der Waals surface area contributed by atoms with Crippen molar-refractivity contribution in [3.63, 3.8) is 0 Å². The van der Waals surface area contributed by atoms with Crippen molar-refractivity contribution in [2.45, 2.75) is 38.0 Å². The lowest BCUT2D eigenvalue weighted by molar-refractivity contribution is 0.443. The van der Waals surface area contributed by atoms with Gasteiger partial charge in [0, 0.05) is 12.1 Å². The third kappa shape index (κ3) is 1.67. The zero-order chi connectivity index (χ0) is 11.0. The first-order valence-electron chi connectivity index (χ1n) is 5.85. The van der Waals surface area contributed by atoms with Crippen molar-refractivity contribution in [1.82, 2.24) is 9.97 Å². The van der Waals surface area contributed by atoms with Gasteiger partial charge in [-0.1, -0.05) is 19.3 Å². The molecule has 0 saturated heterocycles. The Morgan fingerprint density at radius 1 is 1.25 bits per heavy atom. The summed E-state index contributed by atoms with van der Waals surface area (Å²) in [5, 5.41) is 1.26. The summed E-state index contributed by atoms with van der Waals surface area (Å²) in [5.74, 6) is 1.28. The smallest absolute Gasteiger partial charge is 0.143 e. The molecule has 2 aromatic rings. The van der Waals surface area contributed by atoms with E-state index in [2.05, 4.69) is 4.98 Å². The van der Waals surface area contributed by atoms with Crippen molar-refractivity contribution in [1.29, 1.82) is 0 Å². The topological polar surface area (TPSA) is 51.8 Å². The zero-order valence-corrected chi connectivity index (χ0v) is 9.96. The number of aromatic nitrogens is 2. The van der Waals surface area contributed by atoms with E-state index in [1.54, 1.807) is 17.5 Å². The van der Waals surface area contributed by atoms with Gasteiger partial charge in [0.1, 0.15) is 5.82 Å². The van der Waals surface area contributed by atoms with Gasteiger partial charge in [-0.25, -0.2) is 9.97 Å².